The molecule has 1 aliphatic rings. The van der Waals surface area contributed by atoms with Crippen molar-refractivity contribution in [1.29, 1.82) is 0 Å². The Morgan fingerprint density at radius 2 is 1.55 bits per heavy atom. The van der Waals surface area contributed by atoms with E-state index in [1.807, 2.05) is 0 Å². The van der Waals surface area contributed by atoms with E-state index in [4.69, 9.17) is 0 Å². The molecule has 1 N–H and O–H groups in total. The summed E-state index contributed by atoms with van der Waals surface area (Å²) >= 11 is 0. The van der Waals surface area contributed by atoms with Crippen LogP contribution in [0.15, 0.2) is 91.3 Å². The Balaban J connectivity index is 1.69. The molecule has 8 nitrogen and oxygen atoms in total. The minimum absolute atomic E-state index is 0.111. The molecule has 2 unspecified atom stereocenters. The van der Waals surface area contributed by atoms with E-state index in [2.05, 4.69) is 10.3 Å². The molecule has 218 valence electrons. The van der Waals surface area contributed by atoms with E-state index in [0.29, 0.717) is 11.1 Å². The maximum absolute atomic E-state index is 13.9. The summed E-state index contributed by atoms with van der Waals surface area (Å²) in [5.74, 6) is -4.60. The minimum Gasteiger partial charge on any atom is -0.344 e. The molecule has 2 heterocycles. The standard InChI is InChI=1S/C31H29F3N4O4/c1-20(2)27-30(42)37(19-26(39)36-24(28(40)31(32,33)34)17-21-11-5-3-6-12-21)25(22-13-7-4-8-14-22)18-38(27)29(41)23-15-9-10-16-35-23/h3-16,18,20,24,27H,17,19H2,1-2H3,(H,36,39). The van der Waals surface area contributed by atoms with Crippen LogP contribution in [-0.2, 0) is 20.8 Å². The number of halogens is 3. The van der Waals surface area contributed by atoms with E-state index >= 15 is 0 Å². The molecule has 3 aromatic rings. The Hall–Kier alpha value is -4.80. The molecule has 0 fully saturated rings. The van der Waals surface area contributed by atoms with Crippen molar-refractivity contribution in [2.75, 3.05) is 6.54 Å². The second-order valence-corrected chi connectivity index (χ2v) is 10.1. The zero-order chi connectivity index (χ0) is 30.4. The lowest BCUT2D eigenvalue weighted by atomic mass is 9.96. The highest BCUT2D eigenvalue weighted by Gasteiger charge is 2.45. The highest BCUT2D eigenvalue weighted by molar-refractivity contribution is 6.03. The molecule has 0 aliphatic carbocycles. The summed E-state index contributed by atoms with van der Waals surface area (Å²) in [6.45, 7) is 2.79. The van der Waals surface area contributed by atoms with Crippen LogP contribution < -0.4 is 5.32 Å². The molecule has 0 saturated carbocycles. The van der Waals surface area contributed by atoms with Gasteiger partial charge in [0.1, 0.15) is 24.3 Å². The lowest BCUT2D eigenvalue weighted by Gasteiger charge is -2.41. The predicted molar refractivity (Wildman–Crippen MR) is 148 cm³/mol. The van der Waals surface area contributed by atoms with Gasteiger partial charge in [0.15, 0.2) is 0 Å². The van der Waals surface area contributed by atoms with Crippen LogP contribution in [-0.4, -0.2) is 63.1 Å². The number of alkyl halides is 3. The molecule has 42 heavy (non-hydrogen) atoms. The van der Waals surface area contributed by atoms with Crippen LogP contribution in [0.25, 0.3) is 5.70 Å². The van der Waals surface area contributed by atoms with E-state index in [1.165, 1.54) is 23.4 Å². The van der Waals surface area contributed by atoms with Gasteiger partial charge in [-0.3, -0.25) is 34.0 Å². The van der Waals surface area contributed by atoms with Gasteiger partial charge in [-0.05, 0) is 29.2 Å². The molecule has 0 bridgehead atoms. The van der Waals surface area contributed by atoms with Crippen molar-refractivity contribution in [3.8, 4) is 0 Å². The summed E-state index contributed by atoms with van der Waals surface area (Å²) in [6, 6.07) is 18.4. The number of nitrogens with one attached hydrogen (secondary N) is 1. The van der Waals surface area contributed by atoms with Gasteiger partial charge in [-0.15, -0.1) is 0 Å². The van der Waals surface area contributed by atoms with Crippen LogP contribution in [0.1, 0.15) is 35.5 Å². The van der Waals surface area contributed by atoms with Gasteiger partial charge in [0, 0.05) is 18.8 Å². The van der Waals surface area contributed by atoms with E-state index in [0.717, 1.165) is 4.90 Å². The normalized spacial score (nSPS) is 16.2. The number of rotatable bonds is 9. The molecular weight excluding hydrogens is 549 g/mol. The largest absolute Gasteiger partial charge is 0.452 e. The van der Waals surface area contributed by atoms with Crippen molar-refractivity contribution in [2.45, 2.75) is 38.5 Å². The van der Waals surface area contributed by atoms with Crippen LogP contribution in [0.4, 0.5) is 13.2 Å². The first-order chi connectivity index (χ1) is 20.0. The highest BCUT2D eigenvalue weighted by atomic mass is 19.4. The van der Waals surface area contributed by atoms with Crippen molar-refractivity contribution < 1.29 is 32.3 Å². The smallest absolute Gasteiger partial charge is 0.344 e. The molecule has 2 atom stereocenters. The lowest BCUT2D eigenvalue weighted by Crippen LogP contribution is -2.57. The summed E-state index contributed by atoms with van der Waals surface area (Å²) in [5, 5.41) is 2.20. The maximum Gasteiger partial charge on any atom is 0.452 e. The molecule has 1 aliphatic heterocycles. The second-order valence-electron chi connectivity index (χ2n) is 10.1. The Labute approximate surface area is 240 Å². The first kappa shape index (κ1) is 30.2. The van der Waals surface area contributed by atoms with Gasteiger partial charge in [-0.1, -0.05) is 80.6 Å². The molecule has 0 radical (unpaired) electrons. The third-order valence-electron chi connectivity index (χ3n) is 6.71. The van der Waals surface area contributed by atoms with Gasteiger partial charge in [0.2, 0.25) is 5.91 Å². The molecule has 0 saturated heterocycles. The molecular formula is C31H29F3N4O4. The Kier molecular flexibility index (Phi) is 9.19. The number of amides is 3. The fourth-order valence-electron chi connectivity index (χ4n) is 4.73. The first-order valence-electron chi connectivity index (χ1n) is 13.2. The van der Waals surface area contributed by atoms with E-state index in [1.54, 1.807) is 86.6 Å². The van der Waals surface area contributed by atoms with E-state index < -0.39 is 54.2 Å². The van der Waals surface area contributed by atoms with Crippen LogP contribution in [0.3, 0.4) is 0 Å². The topological polar surface area (TPSA) is 99.7 Å². The van der Waals surface area contributed by atoms with E-state index in [-0.39, 0.29) is 17.8 Å². The zero-order valence-electron chi connectivity index (χ0n) is 22.9. The number of hydrogen-bond acceptors (Lipinski definition) is 5. The average molecular weight is 579 g/mol. The number of aromatic nitrogens is 1. The van der Waals surface area contributed by atoms with Crippen LogP contribution in [0.5, 0.6) is 0 Å². The molecule has 4 rings (SSSR count). The zero-order valence-corrected chi connectivity index (χ0v) is 22.9. The Bertz CT molecular complexity index is 1460. The number of carbonyl (C=O) groups is 4. The van der Waals surface area contributed by atoms with Crippen molar-refractivity contribution >= 4 is 29.2 Å². The number of benzene rings is 2. The maximum atomic E-state index is 13.9. The van der Waals surface area contributed by atoms with Crippen molar-refractivity contribution in [2.24, 2.45) is 5.92 Å². The van der Waals surface area contributed by atoms with Crippen molar-refractivity contribution in [3.05, 3.63) is 108 Å². The van der Waals surface area contributed by atoms with Gasteiger partial charge < -0.3 is 5.32 Å². The molecule has 0 spiro atoms. The minimum atomic E-state index is -5.18. The van der Waals surface area contributed by atoms with Gasteiger partial charge in [-0.25, -0.2) is 0 Å². The fourth-order valence-corrected chi connectivity index (χ4v) is 4.73. The van der Waals surface area contributed by atoms with Crippen molar-refractivity contribution in [1.82, 2.24) is 20.1 Å². The number of pyridine rings is 1. The number of nitrogens with zero attached hydrogens (tertiary/aromatic N) is 3. The third kappa shape index (κ3) is 6.91. The number of carbonyl (C=O) groups excluding carboxylic acids is 4. The first-order valence-corrected chi connectivity index (χ1v) is 13.2. The second kappa shape index (κ2) is 12.8. The number of ketones is 1. The SMILES string of the molecule is CC(C)C1C(=O)N(CC(=O)NC(Cc2ccccc2)C(=O)C(F)(F)F)C(c2ccccc2)=CN1C(=O)c1ccccn1. The fraction of sp³-hybridized carbons (Fsp3) is 0.258. The Morgan fingerprint density at radius 1 is 0.929 bits per heavy atom. The summed E-state index contributed by atoms with van der Waals surface area (Å²) in [4.78, 5) is 59.4. The van der Waals surface area contributed by atoms with Crippen LogP contribution in [0, 0.1) is 5.92 Å². The quantitative estimate of drug-likeness (QED) is 0.410. The van der Waals surface area contributed by atoms with Crippen LogP contribution >= 0.6 is 0 Å². The monoisotopic (exact) mass is 578 g/mol. The molecule has 11 heteroatoms. The van der Waals surface area contributed by atoms with E-state index in [9.17, 15) is 32.3 Å². The summed E-state index contributed by atoms with van der Waals surface area (Å²) < 4.78 is 40.3. The van der Waals surface area contributed by atoms with Crippen molar-refractivity contribution in [3.63, 3.8) is 0 Å². The summed E-state index contributed by atoms with van der Waals surface area (Å²) in [5.41, 5.74) is 1.22. The Morgan fingerprint density at radius 3 is 2.12 bits per heavy atom. The summed E-state index contributed by atoms with van der Waals surface area (Å²) in [7, 11) is 0. The predicted octanol–water partition coefficient (Wildman–Crippen LogP) is 4.25. The van der Waals surface area contributed by atoms with Crippen LogP contribution in [0.2, 0.25) is 0 Å². The number of Topliss-reactive ketones (excluding diaryl/α,β-unsaturated/α-hetero) is 1. The van der Waals surface area contributed by atoms with Gasteiger partial charge in [0.05, 0.1) is 5.70 Å². The molecule has 1 aromatic heterocycles. The molecule has 2 aromatic carbocycles. The highest BCUT2D eigenvalue weighted by Crippen LogP contribution is 2.31. The van der Waals surface area contributed by atoms with Gasteiger partial charge in [0.25, 0.3) is 17.6 Å². The summed E-state index contributed by atoms with van der Waals surface area (Å²) in [6.07, 6.45) is -2.66. The third-order valence-corrected chi connectivity index (χ3v) is 6.71. The number of hydrogen-bond donors (Lipinski definition) is 1. The van der Waals surface area contributed by atoms with Gasteiger partial charge >= 0.3 is 6.18 Å². The molecule has 3 amide bonds. The lowest BCUT2D eigenvalue weighted by molar-refractivity contribution is -0.173. The average Bonchev–Trinajstić information content (AvgIpc) is 2.97. The van der Waals surface area contributed by atoms with Gasteiger partial charge in [-0.2, -0.15) is 13.2 Å².